The molecule has 8 nitrogen and oxygen atoms in total. The molecular weight excluding hydrogens is 492 g/mol. The number of aromatic nitrogens is 3. The van der Waals surface area contributed by atoms with Gasteiger partial charge in [-0.2, -0.15) is 18.2 Å². The van der Waals surface area contributed by atoms with Gasteiger partial charge in [0.1, 0.15) is 28.5 Å². The van der Waals surface area contributed by atoms with Crippen LogP contribution in [-0.2, 0) is 6.18 Å². The lowest BCUT2D eigenvalue weighted by atomic mass is 10.1. The van der Waals surface area contributed by atoms with Crippen molar-refractivity contribution >= 4 is 22.7 Å². The number of para-hydroxylation sites is 1. The van der Waals surface area contributed by atoms with E-state index in [0.717, 1.165) is 69.5 Å². The van der Waals surface area contributed by atoms with Crippen molar-refractivity contribution in [1.82, 2.24) is 19.4 Å². The van der Waals surface area contributed by atoms with Gasteiger partial charge in [-0.1, -0.05) is 6.07 Å². The molecule has 4 heterocycles. The summed E-state index contributed by atoms with van der Waals surface area (Å²) >= 11 is 0. The van der Waals surface area contributed by atoms with Crippen LogP contribution >= 0.6 is 0 Å². The molecule has 2 aromatic heterocycles. The van der Waals surface area contributed by atoms with E-state index in [0.29, 0.717) is 13.1 Å². The zero-order valence-electron chi connectivity index (χ0n) is 20.4. The number of hydrogen-bond donors (Lipinski definition) is 2. The normalized spacial score (nSPS) is 17.9. The molecule has 2 aliphatic rings. The van der Waals surface area contributed by atoms with E-state index in [9.17, 15) is 27.5 Å². The fourth-order valence-corrected chi connectivity index (χ4v) is 5.07. The maximum atomic E-state index is 14.7. The monoisotopic (exact) mass is 520 g/mol. The lowest BCUT2D eigenvalue weighted by molar-refractivity contribution is -0.142. The second-order valence-corrected chi connectivity index (χ2v) is 9.68. The van der Waals surface area contributed by atoms with Crippen LogP contribution in [0.5, 0.6) is 5.75 Å². The van der Waals surface area contributed by atoms with Crippen LogP contribution in [0, 0.1) is 5.82 Å². The Bertz CT molecular complexity index is 1340. The standard InChI is InChI=1S/C25H28F4N6O2/c1-33-12-8-15(9-13-33)30-24-31-20-16(22(32-24)34-10-3-2-4-11-34)14-19(25(27,28)29)35(23(20)37)21-17(26)6-5-7-18(21)36/h5-7,14-15,36H,2-4,8-13H2,1H3,(H,30,31,32). The zero-order chi connectivity index (χ0) is 26.3. The maximum absolute atomic E-state index is 14.7. The summed E-state index contributed by atoms with van der Waals surface area (Å²) in [7, 11) is 2.02. The average Bonchev–Trinajstić information content (AvgIpc) is 2.86. The number of halogens is 4. The van der Waals surface area contributed by atoms with Gasteiger partial charge < -0.3 is 20.2 Å². The molecule has 2 fully saturated rings. The first-order valence-corrected chi connectivity index (χ1v) is 12.4. The second-order valence-electron chi connectivity index (χ2n) is 9.68. The summed E-state index contributed by atoms with van der Waals surface area (Å²) in [5.41, 5.74) is -3.74. The van der Waals surface area contributed by atoms with Crippen molar-refractivity contribution in [2.24, 2.45) is 0 Å². The van der Waals surface area contributed by atoms with Gasteiger partial charge in [0.25, 0.3) is 5.56 Å². The van der Waals surface area contributed by atoms with Crippen LogP contribution in [0.25, 0.3) is 16.6 Å². The summed E-state index contributed by atoms with van der Waals surface area (Å²) in [5, 5.41) is 13.5. The summed E-state index contributed by atoms with van der Waals surface area (Å²) in [6.45, 7) is 2.88. The van der Waals surface area contributed by atoms with Crippen molar-refractivity contribution in [1.29, 1.82) is 0 Å². The Hall–Kier alpha value is -3.41. The van der Waals surface area contributed by atoms with E-state index in [1.807, 2.05) is 11.9 Å². The number of likely N-dealkylation sites (tertiary alicyclic amines) is 1. The lowest BCUT2D eigenvalue weighted by Gasteiger charge is -2.31. The SMILES string of the molecule is CN1CCC(Nc2nc(N3CCCCC3)c3cc(C(F)(F)F)n(-c4c(O)cccc4F)c(=O)c3n2)CC1. The smallest absolute Gasteiger partial charge is 0.431 e. The molecule has 3 aromatic rings. The number of piperidine rings is 2. The number of pyridine rings is 1. The van der Waals surface area contributed by atoms with Gasteiger partial charge in [0.15, 0.2) is 5.82 Å². The number of hydrogen-bond acceptors (Lipinski definition) is 7. The van der Waals surface area contributed by atoms with E-state index in [1.54, 1.807) is 0 Å². The van der Waals surface area contributed by atoms with Crippen LogP contribution in [0.2, 0.25) is 0 Å². The number of benzene rings is 1. The third-order valence-electron chi connectivity index (χ3n) is 7.04. The number of phenolic OH excluding ortho intramolecular Hbond substituents is 1. The first kappa shape index (κ1) is 25.2. The van der Waals surface area contributed by atoms with Gasteiger partial charge in [-0.3, -0.25) is 9.36 Å². The molecule has 0 aliphatic carbocycles. The van der Waals surface area contributed by atoms with E-state index in [2.05, 4.69) is 20.2 Å². The number of anilines is 2. The molecule has 0 saturated carbocycles. The van der Waals surface area contributed by atoms with E-state index in [1.165, 1.54) is 0 Å². The number of phenols is 1. The third kappa shape index (κ3) is 4.94. The predicted octanol–water partition coefficient (Wildman–Crippen LogP) is 4.14. The van der Waals surface area contributed by atoms with Gasteiger partial charge in [0, 0.05) is 19.1 Å². The minimum atomic E-state index is -5.02. The third-order valence-corrected chi connectivity index (χ3v) is 7.04. The minimum Gasteiger partial charge on any atom is -0.506 e. The first-order chi connectivity index (χ1) is 17.6. The number of fused-ring (bicyclic) bond motifs is 1. The Balaban J connectivity index is 1.75. The summed E-state index contributed by atoms with van der Waals surface area (Å²) in [4.78, 5) is 26.7. The fourth-order valence-electron chi connectivity index (χ4n) is 5.07. The highest BCUT2D eigenvalue weighted by molar-refractivity contribution is 5.91. The van der Waals surface area contributed by atoms with Crippen LogP contribution in [0.1, 0.15) is 37.8 Å². The second kappa shape index (κ2) is 9.81. The molecule has 5 rings (SSSR count). The number of rotatable bonds is 4. The molecule has 198 valence electrons. The molecule has 2 N–H and O–H groups in total. The fraction of sp³-hybridized carbons (Fsp3) is 0.480. The molecule has 2 aliphatic heterocycles. The number of alkyl halides is 3. The molecule has 12 heteroatoms. The Labute approximate surface area is 210 Å². The highest BCUT2D eigenvalue weighted by Gasteiger charge is 2.38. The molecule has 0 radical (unpaired) electrons. The van der Waals surface area contributed by atoms with E-state index in [-0.39, 0.29) is 33.3 Å². The van der Waals surface area contributed by atoms with Gasteiger partial charge in [0.2, 0.25) is 5.95 Å². The highest BCUT2D eigenvalue weighted by atomic mass is 19.4. The molecule has 0 unspecified atom stereocenters. The Morgan fingerprint density at radius 3 is 2.41 bits per heavy atom. The van der Waals surface area contributed by atoms with Crippen molar-refractivity contribution in [3.8, 4) is 11.4 Å². The average molecular weight is 521 g/mol. The van der Waals surface area contributed by atoms with Crippen molar-refractivity contribution < 1.29 is 22.7 Å². The molecule has 0 bridgehead atoms. The summed E-state index contributed by atoms with van der Waals surface area (Å²) in [5.74, 6) is -1.57. The predicted molar refractivity (Wildman–Crippen MR) is 132 cm³/mol. The highest BCUT2D eigenvalue weighted by Crippen LogP contribution is 2.37. The van der Waals surface area contributed by atoms with Gasteiger partial charge in [-0.25, -0.2) is 9.37 Å². The number of nitrogens with zero attached hydrogens (tertiary/aromatic N) is 5. The Kier molecular flexibility index (Phi) is 6.69. The topological polar surface area (TPSA) is 86.5 Å². The minimum absolute atomic E-state index is 0.0372. The lowest BCUT2D eigenvalue weighted by Crippen LogP contribution is -2.37. The Morgan fingerprint density at radius 1 is 1.05 bits per heavy atom. The van der Waals surface area contributed by atoms with Crippen LogP contribution < -0.4 is 15.8 Å². The molecule has 2 saturated heterocycles. The van der Waals surface area contributed by atoms with E-state index >= 15 is 0 Å². The van der Waals surface area contributed by atoms with Gasteiger partial charge in [-0.05, 0) is 70.4 Å². The molecular formula is C25H28F4N6O2. The van der Waals surface area contributed by atoms with Crippen molar-refractivity contribution in [2.75, 3.05) is 43.4 Å². The first-order valence-electron chi connectivity index (χ1n) is 12.4. The van der Waals surface area contributed by atoms with Crippen molar-refractivity contribution in [2.45, 2.75) is 44.3 Å². The quantitative estimate of drug-likeness (QED) is 0.500. The van der Waals surface area contributed by atoms with Crippen molar-refractivity contribution in [3.63, 3.8) is 0 Å². The summed E-state index contributed by atoms with van der Waals surface area (Å²) < 4.78 is 57.7. The maximum Gasteiger partial charge on any atom is 0.431 e. The van der Waals surface area contributed by atoms with Gasteiger partial charge in [-0.15, -0.1) is 0 Å². The number of nitrogens with one attached hydrogen (secondary N) is 1. The number of aromatic hydroxyl groups is 1. The molecule has 0 atom stereocenters. The van der Waals surface area contributed by atoms with Crippen molar-refractivity contribution in [3.05, 3.63) is 46.1 Å². The zero-order valence-corrected chi connectivity index (χ0v) is 20.4. The molecule has 0 spiro atoms. The van der Waals surface area contributed by atoms with E-state index in [4.69, 9.17) is 0 Å². The van der Waals surface area contributed by atoms with Crippen LogP contribution in [0.3, 0.4) is 0 Å². The van der Waals surface area contributed by atoms with Crippen LogP contribution in [0.4, 0.5) is 29.3 Å². The van der Waals surface area contributed by atoms with Crippen LogP contribution in [0.15, 0.2) is 29.1 Å². The van der Waals surface area contributed by atoms with Gasteiger partial charge >= 0.3 is 6.18 Å². The van der Waals surface area contributed by atoms with Gasteiger partial charge in [0.05, 0.1) is 5.39 Å². The summed E-state index contributed by atoms with van der Waals surface area (Å²) in [6, 6.07) is 3.88. The summed E-state index contributed by atoms with van der Waals surface area (Å²) in [6.07, 6.45) is -0.709. The molecule has 37 heavy (non-hydrogen) atoms. The largest absolute Gasteiger partial charge is 0.506 e. The molecule has 1 aromatic carbocycles. The van der Waals surface area contributed by atoms with Crippen LogP contribution in [-0.4, -0.2) is 63.8 Å². The Morgan fingerprint density at radius 2 is 1.76 bits per heavy atom. The molecule has 0 amide bonds. The van der Waals surface area contributed by atoms with E-state index < -0.39 is 34.7 Å².